The van der Waals surface area contributed by atoms with Crippen molar-refractivity contribution in [2.75, 3.05) is 0 Å². The molecule has 2 rings (SSSR count). The number of benzene rings is 1. The fourth-order valence-electron chi connectivity index (χ4n) is 1.98. The van der Waals surface area contributed by atoms with E-state index in [1.165, 1.54) is 3.71 Å². The Balaban J connectivity index is 2.60. The van der Waals surface area contributed by atoms with Crippen LogP contribution in [0.1, 0.15) is 5.56 Å². The van der Waals surface area contributed by atoms with E-state index in [9.17, 15) is 5.26 Å². The van der Waals surface area contributed by atoms with Crippen LogP contribution in [0.3, 0.4) is 0 Å². The minimum absolute atomic E-state index is 0.847. The zero-order valence-electron chi connectivity index (χ0n) is 10.4. The van der Waals surface area contributed by atoms with Gasteiger partial charge in [-0.15, -0.1) is 0 Å². The molecular formula is C14H16N2Sn. The van der Waals surface area contributed by atoms with Crippen LogP contribution < -0.4 is 3.71 Å². The quantitative estimate of drug-likeness (QED) is 0.844. The first-order valence-corrected chi connectivity index (χ1v) is 15.7. The van der Waals surface area contributed by atoms with Gasteiger partial charge in [0.2, 0.25) is 0 Å². The van der Waals surface area contributed by atoms with Crippen LogP contribution in [0, 0.1) is 11.3 Å². The number of hydrogen-bond acceptors (Lipinski definition) is 1. The van der Waals surface area contributed by atoms with Crippen molar-refractivity contribution in [1.29, 1.82) is 5.26 Å². The number of aromatic nitrogens is 1. The molecule has 86 valence electrons. The van der Waals surface area contributed by atoms with Crippen LogP contribution in [0.2, 0.25) is 14.8 Å². The second-order valence-electron chi connectivity index (χ2n) is 5.18. The summed E-state index contributed by atoms with van der Waals surface area (Å²) in [7, 11) is 0. The second-order valence-corrected chi connectivity index (χ2v) is 19.5. The number of hydrogen-bond donors (Lipinski definition) is 1. The summed E-state index contributed by atoms with van der Waals surface area (Å²) in [6, 6.07) is 12.5. The molecule has 2 aromatic rings. The predicted molar refractivity (Wildman–Crippen MR) is 73.9 cm³/mol. The number of aromatic amines is 1. The first kappa shape index (κ1) is 12.3. The van der Waals surface area contributed by atoms with Gasteiger partial charge in [0.25, 0.3) is 0 Å². The van der Waals surface area contributed by atoms with Gasteiger partial charge in [0.05, 0.1) is 0 Å². The van der Waals surface area contributed by atoms with Crippen molar-refractivity contribution in [3.05, 3.63) is 42.1 Å². The van der Waals surface area contributed by atoms with Crippen LogP contribution >= 0.6 is 0 Å². The van der Waals surface area contributed by atoms with E-state index < -0.39 is 18.4 Å². The third kappa shape index (κ3) is 2.39. The molecule has 0 amide bonds. The van der Waals surface area contributed by atoms with E-state index in [1.54, 1.807) is 0 Å². The Morgan fingerprint density at radius 2 is 1.76 bits per heavy atom. The molecule has 0 aliphatic rings. The summed E-state index contributed by atoms with van der Waals surface area (Å²) in [4.78, 5) is 10.3. The summed E-state index contributed by atoms with van der Waals surface area (Å²) < 4.78 is 1.21. The van der Waals surface area contributed by atoms with Gasteiger partial charge in [-0.05, 0) is 0 Å². The Morgan fingerprint density at radius 1 is 1.12 bits per heavy atom. The Kier molecular flexibility index (Phi) is 3.30. The third-order valence-electron chi connectivity index (χ3n) is 2.83. The molecule has 1 aromatic carbocycles. The zero-order valence-corrected chi connectivity index (χ0v) is 13.3. The number of nitrogens with zero attached hydrogens (tertiary/aromatic N) is 1. The molecule has 0 spiro atoms. The molecule has 0 aliphatic heterocycles. The molecule has 0 saturated carbocycles. The summed E-state index contributed by atoms with van der Waals surface area (Å²) in [6.07, 6.45) is 1.98. The van der Waals surface area contributed by atoms with Crippen molar-refractivity contribution < 1.29 is 0 Å². The van der Waals surface area contributed by atoms with Crippen LogP contribution in [0.4, 0.5) is 0 Å². The number of nitriles is 1. The van der Waals surface area contributed by atoms with Gasteiger partial charge in [0.1, 0.15) is 0 Å². The van der Waals surface area contributed by atoms with Gasteiger partial charge in [-0.3, -0.25) is 0 Å². The summed E-state index contributed by atoms with van der Waals surface area (Å²) in [5.41, 5.74) is 3.00. The van der Waals surface area contributed by atoms with Crippen molar-refractivity contribution in [1.82, 2.24) is 4.98 Å². The molecule has 1 N–H and O–H groups in total. The van der Waals surface area contributed by atoms with Crippen LogP contribution in [-0.4, -0.2) is 23.4 Å². The van der Waals surface area contributed by atoms with Gasteiger partial charge in [-0.25, -0.2) is 0 Å². The number of H-pyrrole nitrogens is 1. The van der Waals surface area contributed by atoms with Gasteiger partial charge >= 0.3 is 106 Å². The molecular weight excluding hydrogens is 315 g/mol. The Labute approximate surface area is 106 Å². The Hall–Kier alpha value is -1.21. The summed E-state index contributed by atoms with van der Waals surface area (Å²) >= 11 is -2.23. The molecule has 0 bridgehead atoms. The normalized spacial score (nSPS) is 11.2. The molecule has 0 saturated heterocycles. The molecule has 17 heavy (non-hydrogen) atoms. The van der Waals surface area contributed by atoms with E-state index in [2.05, 4.69) is 25.9 Å². The van der Waals surface area contributed by atoms with Gasteiger partial charge in [0.15, 0.2) is 0 Å². The van der Waals surface area contributed by atoms with E-state index in [4.69, 9.17) is 0 Å². The van der Waals surface area contributed by atoms with Crippen molar-refractivity contribution in [3.8, 4) is 17.2 Å². The fraction of sp³-hybridized carbons (Fsp3) is 0.214. The van der Waals surface area contributed by atoms with Crippen molar-refractivity contribution in [2.45, 2.75) is 14.8 Å². The van der Waals surface area contributed by atoms with E-state index in [1.807, 2.05) is 36.5 Å². The maximum atomic E-state index is 9.38. The molecule has 3 heteroatoms. The van der Waals surface area contributed by atoms with E-state index in [-0.39, 0.29) is 0 Å². The molecule has 2 nitrogen and oxygen atoms in total. The molecule has 0 aliphatic carbocycles. The van der Waals surface area contributed by atoms with Crippen molar-refractivity contribution in [2.24, 2.45) is 0 Å². The predicted octanol–water partition coefficient (Wildman–Crippen LogP) is 3.10. The summed E-state index contributed by atoms with van der Waals surface area (Å²) in [5.74, 6) is 0. The van der Waals surface area contributed by atoms with Crippen molar-refractivity contribution >= 4 is 22.1 Å². The monoisotopic (exact) mass is 332 g/mol. The van der Waals surface area contributed by atoms with Gasteiger partial charge in [0, 0.05) is 0 Å². The van der Waals surface area contributed by atoms with Crippen molar-refractivity contribution in [3.63, 3.8) is 0 Å². The zero-order chi connectivity index (χ0) is 12.5. The van der Waals surface area contributed by atoms with Crippen LogP contribution in [-0.2, 0) is 0 Å². The Bertz CT molecular complexity index is 556. The Morgan fingerprint density at radius 3 is 2.29 bits per heavy atom. The first-order chi connectivity index (χ1) is 8.04. The molecule has 1 aromatic heterocycles. The number of nitrogens with one attached hydrogen (secondary N) is 1. The fourth-order valence-corrected chi connectivity index (χ4v) is 6.10. The second kappa shape index (κ2) is 4.58. The minimum atomic E-state index is -2.23. The summed E-state index contributed by atoms with van der Waals surface area (Å²) in [5, 5.41) is 9.38. The van der Waals surface area contributed by atoms with Crippen LogP contribution in [0.15, 0.2) is 36.5 Å². The van der Waals surface area contributed by atoms with E-state index in [0.29, 0.717) is 0 Å². The van der Waals surface area contributed by atoms with Gasteiger partial charge in [-0.2, -0.15) is 0 Å². The van der Waals surface area contributed by atoms with Gasteiger partial charge < -0.3 is 0 Å². The topological polar surface area (TPSA) is 39.6 Å². The van der Waals surface area contributed by atoms with Gasteiger partial charge in [-0.1, -0.05) is 0 Å². The molecule has 1 heterocycles. The third-order valence-corrected chi connectivity index (χ3v) is 8.23. The molecule has 0 unspecified atom stereocenters. The molecule has 0 fully saturated rings. The number of rotatable bonds is 2. The first-order valence-electron chi connectivity index (χ1n) is 5.71. The van der Waals surface area contributed by atoms with E-state index >= 15 is 0 Å². The summed E-state index contributed by atoms with van der Waals surface area (Å²) in [6.45, 7) is 0. The molecule has 0 radical (unpaired) electrons. The average Bonchev–Trinajstić information content (AvgIpc) is 2.73. The standard InChI is InChI=1S/C11H7N2.3CH3.Sn/c12-6-10-7-13-8-11(10)9-4-2-1-3-5-9;;;;/h1-5,8,13H;3*1H3;. The van der Waals surface area contributed by atoms with Crippen LogP contribution in [0.5, 0.6) is 0 Å². The van der Waals surface area contributed by atoms with Crippen LogP contribution in [0.25, 0.3) is 11.1 Å². The average molecular weight is 331 g/mol. The molecule has 0 atom stereocenters. The maximum absolute atomic E-state index is 9.38. The SMILES string of the molecule is [CH3][Sn]([CH3])([CH3])[c]1[nH]cc(-c2ccccc2)c1C#N. The van der Waals surface area contributed by atoms with E-state index in [0.717, 1.165) is 16.7 Å².